The van der Waals surface area contributed by atoms with Gasteiger partial charge in [0.1, 0.15) is 0 Å². The van der Waals surface area contributed by atoms with E-state index < -0.39 is 5.41 Å². The number of nitrogens with zero attached hydrogens (tertiary/aromatic N) is 2. The highest BCUT2D eigenvalue weighted by molar-refractivity contribution is 7.13. The van der Waals surface area contributed by atoms with Crippen LogP contribution >= 0.6 is 11.3 Å². The fraction of sp³-hybridized carbons (Fsp3) is 0.556. The third kappa shape index (κ3) is 6.25. The first kappa shape index (κ1) is 20.1. The molecule has 0 radical (unpaired) electrons. The van der Waals surface area contributed by atoms with Crippen molar-refractivity contribution in [1.29, 1.82) is 0 Å². The fourth-order valence-electron chi connectivity index (χ4n) is 2.08. The Morgan fingerprint density at radius 1 is 1.27 bits per heavy atom. The highest BCUT2D eigenvalue weighted by atomic mass is 32.1. The van der Waals surface area contributed by atoms with Crippen molar-refractivity contribution in [2.45, 2.75) is 53.9 Å². The Labute approximate surface area is 158 Å². The van der Waals surface area contributed by atoms with Gasteiger partial charge >= 0.3 is 0 Å². The molecule has 0 aliphatic rings. The molecule has 0 atom stereocenters. The Morgan fingerprint density at radius 2 is 2.00 bits per heavy atom. The van der Waals surface area contributed by atoms with Crippen LogP contribution in [0.15, 0.2) is 11.4 Å². The largest absolute Gasteiger partial charge is 0.309 e. The molecular formula is C18H27N5O2S. The van der Waals surface area contributed by atoms with E-state index in [1.807, 2.05) is 26.8 Å². The van der Waals surface area contributed by atoms with Crippen LogP contribution in [0.1, 0.15) is 52.4 Å². The minimum atomic E-state index is -0.490. The van der Waals surface area contributed by atoms with E-state index in [0.717, 1.165) is 18.5 Å². The molecule has 0 fully saturated rings. The second kappa shape index (κ2) is 8.44. The van der Waals surface area contributed by atoms with E-state index in [-0.39, 0.29) is 18.2 Å². The number of H-pyrrole nitrogens is 1. The lowest BCUT2D eigenvalue weighted by molar-refractivity contribution is -0.123. The van der Waals surface area contributed by atoms with Crippen molar-refractivity contribution < 1.29 is 9.59 Å². The number of rotatable bonds is 7. The van der Waals surface area contributed by atoms with Gasteiger partial charge in [0.2, 0.25) is 11.8 Å². The van der Waals surface area contributed by atoms with Gasteiger partial charge in [-0.05, 0) is 18.8 Å². The van der Waals surface area contributed by atoms with Crippen LogP contribution in [-0.2, 0) is 22.4 Å². The van der Waals surface area contributed by atoms with E-state index in [4.69, 9.17) is 0 Å². The predicted octanol–water partition coefficient (Wildman–Crippen LogP) is 3.62. The van der Waals surface area contributed by atoms with Gasteiger partial charge in [0.25, 0.3) is 0 Å². The first-order valence-electron chi connectivity index (χ1n) is 8.73. The van der Waals surface area contributed by atoms with Crippen molar-refractivity contribution in [2.24, 2.45) is 11.3 Å². The molecule has 0 saturated heterocycles. The molecule has 0 saturated carbocycles. The zero-order chi connectivity index (χ0) is 19.3. The van der Waals surface area contributed by atoms with Crippen LogP contribution in [0.3, 0.4) is 0 Å². The maximum Gasteiger partial charge on any atom is 0.231 e. The zero-order valence-corrected chi connectivity index (χ0v) is 16.8. The molecule has 2 aromatic heterocycles. The quantitative estimate of drug-likeness (QED) is 0.686. The number of aromatic nitrogens is 3. The third-order valence-electron chi connectivity index (χ3n) is 3.68. The topological polar surface area (TPSA) is 99.8 Å². The Kier molecular flexibility index (Phi) is 6.52. The molecule has 0 unspecified atom stereocenters. The first-order valence-corrected chi connectivity index (χ1v) is 9.61. The molecule has 8 heteroatoms. The van der Waals surface area contributed by atoms with Gasteiger partial charge in [-0.15, -0.1) is 11.3 Å². The molecule has 0 bridgehead atoms. The van der Waals surface area contributed by atoms with Gasteiger partial charge in [-0.3, -0.25) is 14.7 Å². The molecule has 26 heavy (non-hydrogen) atoms. The predicted molar refractivity (Wildman–Crippen MR) is 104 cm³/mol. The highest BCUT2D eigenvalue weighted by Gasteiger charge is 2.22. The molecule has 2 amide bonds. The molecule has 142 valence electrons. The van der Waals surface area contributed by atoms with E-state index in [0.29, 0.717) is 22.6 Å². The van der Waals surface area contributed by atoms with Crippen LogP contribution in [0.2, 0.25) is 0 Å². The maximum atomic E-state index is 12.2. The van der Waals surface area contributed by atoms with Crippen molar-refractivity contribution in [3.63, 3.8) is 0 Å². The number of nitrogens with one attached hydrogen (secondary N) is 3. The molecule has 2 aromatic rings. The van der Waals surface area contributed by atoms with E-state index in [1.54, 1.807) is 5.38 Å². The number of carbonyl (C=O) groups excluding carboxylic acids is 2. The molecule has 0 spiro atoms. The molecule has 0 aromatic carbocycles. The highest BCUT2D eigenvalue weighted by Crippen LogP contribution is 2.21. The summed E-state index contributed by atoms with van der Waals surface area (Å²) in [6.07, 6.45) is 2.11. The summed E-state index contributed by atoms with van der Waals surface area (Å²) in [4.78, 5) is 28.4. The number of aryl methyl sites for hydroxylation is 1. The summed E-state index contributed by atoms with van der Waals surface area (Å²) in [5.41, 5.74) is 1.14. The number of thiazole rings is 1. The summed E-state index contributed by atoms with van der Waals surface area (Å²) in [6.45, 7) is 9.85. The standard InChI is InChI=1S/C18H27N5O2S/c1-11(2)6-7-12-8-14(23-22-12)20-15(24)9-13-10-26-17(19-13)21-16(25)18(3,4)5/h8,10-11H,6-7,9H2,1-5H3,(H,19,21,25)(H2,20,22,23,24). The molecule has 0 aliphatic heterocycles. The van der Waals surface area contributed by atoms with Crippen molar-refractivity contribution in [3.8, 4) is 0 Å². The average molecular weight is 378 g/mol. The fourth-order valence-corrected chi connectivity index (χ4v) is 2.78. The van der Waals surface area contributed by atoms with Crippen LogP contribution in [-0.4, -0.2) is 27.0 Å². The maximum absolute atomic E-state index is 12.2. The van der Waals surface area contributed by atoms with Gasteiger partial charge in [0.15, 0.2) is 10.9 Å². The first-order chi connectivity index (χ1) is 12.1. The number of hydrogen-bond acceptors (Lipinski definition) is 5. The second-order valence-corrected chi connectivity index (χ2v) is 8.64. The monoisotopic (exact) mass is 377 g/mol. The van der Waals surface area contributed by atoms with Crippen LogP contribution in [0, 0.1) is 11.3 Å². The van der Waals surface area contributed by atoms with Gasteiger partial charge in [0.05, 0.1) is 12.1 Å². The second-order valence-electron chi connectivity index (χ2n) is 7.78. The van der Waals surface area contributed by atoms with Gasteiger partial charge in [-0.2, -0.15) is 5.10 Å². The lowest BCUT2D eigenvalue weighted by Crippen LogP contribution is -2.27. The van der Waals surface area contributed by atoms with E-state index in [2.05, 4.69) is 39.7 Å². The van der Waals surface area contributed by atoms with Crippen LogP contribution < -0.4 is 10.6 Å². The smallest absolute Gasteiger partial charge is 0.231 e. The molecule has 7 nitrogen and oxygen atoms in total. The van der Waals surface area contributed by atoms with Gasteiger partial charge in [-0.25, -0.2) is 4.98 Å². The summed E-state index contributed by atoms with van der Waals surface area (Å²) in [7, 11) is 0. The van der Waals surface area contributed by atoms with Crippen LogP contribution in [0.5, 0.6) is 0 Å². The van der Waals surface area contributed by atoms with Crippen molar-refractivity contribution in [3.05, 3.63) is 22.8 Å². The average Bonchev–Trinajstić information content (AvgIpc) is 3.13. The van der Waals surface area contributed by atoms with Gasteiger partial charge in [0, 0.05) is 22.6 Å². The SMILES string of the molecule is CC(C)CCc1cc(NC(=O)Cc2csc(NC(=O)C(C)(C)C)n2)n[nH]1. The number of aromatic amines is 1. The number of carbonyl (C=O) groups is 2. The molecule has 2 heterocycles. The molecule has 0 aliphatic carbocycles. The summed E-state index contributed by atoms with van der Waals surface area (Å²) < 4.78 is 0. The van der Waals surface area contributed by atoms with E-state index in [9.17, 15) is 9.59 Å². The lowest BCUT2D eigenvalue weighted by Gasteiger charge is -2.15. The lowest BCUT2D eigenvalue weighted by atomic mass is 9.96. The van der Waals surface area contributed by atoms with Crippen molar-refractivity contribution in [1.82, 2.24) is 15.2 Å². The van der Waals surface area contributed by atoms with Gasteiger partial charge in [-0.1, -0.05) is 34.6 Å². The van der Waals surface area contributed by atoms with Crippen LogP contribution in [0.25, 0.3) is 0 Å². The summed E-state index contributed by atoms with van der Waals surface area (Å²) >= 11 is 1.31. The normalized spacial score (nSPS) is 11.6. The molecular weight excluding hydrogens is 350 g/mol. The zero-order valence-electron chi connectivity index (χ0n) is 16.0. The summed E-state index contributed by atoms with van der Waals surface area (Å²) in [5, 5.41) is 14.9. The summed E-state index contributed by atoms with van der Waals surface area (Å²) in [5.74, 6) is 0.846. The van der Waals surface area contributed by atoms with Crippen LogP contribution in [0.4, 0.5) is 10.9 Å². The Morgan fingerprint density at radius 3 is 2.65 bits per heavy atom. The van der Waals surface area contributed by atoms with E-state index in [1.165, 1.54) is 11.3 Å². The Bertz CT molecular complexity index is 758. The van der Waals surface area contributed by atoms with E-state index >= 15 is 0 Å². The number of hydrogen-bond donors (Lipinski definition) is 3. The summed E-state index contributed by atoms with van der Waals surface area (Å²) in [6, 6.07) is 1.86. The Balaban J connectivity index is 1.86. The number of anilines is 2. The molecule has 3 N–H and O–H groups in total. The third-order valence-corrected chi connectivity index (χ3v) is 4.49. The minimum Gasteiger partial charge on any atom is -0.309 e. The Hall–Kier alpha value is -2.22. The number of amides is 2. The van der Waals surface area contributed by atoms with Crippen molar-refractivity contribution in [2.75, 3.05) is 10.6 Å². The van der Waals surface area contributed by atoms with Gasteiger partial charge < -0.3 is 10.6 Å². The van der Waals surface area contributed by atoms with Crippen molar-refractivity contribution >= 4 is 34.1 Å². The minimum absolute atomic E-state index is 0.103. The molecule has 2 rings (SSSR count).